The molecule has 1 heterocycles. The molecule has 6 heteroatoms. The number of para-hydroxylation sites is 1. The number of furan rings is 1. The number of aryl methyl sites for hydroxylation is 1. The minimum atomic E-state index is -0.642. The number of hydrogen-bond acceptors (Lipinski definition) is 5. The number of halogens is 1. The highest BCUT2D eigenvalue weighted by Crippen LogP contribution is 2.21. The average molecular weight is 359 g/mol. The summed E-state index contributed by atoms with van der Waals surface area (Å²) in [5.74, 6) is -0.394. The lowest BCUT2D eigenvalue weighted by Gasteiger charge is -2.07. The molecule has 0 atom stereocenters. The summed E-state index contributed by atoms with van der Waals surface area (Å²) < 4.78 is 15.7. The lowest BCUT2D eigenvalue weighted by molar-refractivity contribution is -0.144. The molecule has 0 saturated carbocycles. The summed E-state index contributed by atoms with van der Waals surface area (Å²) in [5, 5.41) is 1.44. The second-order valence-corrected chi connectivity index (χ2v) is 5.84. The van der Waals surface area contributed by atoms with E-state index in [2.05, 4.69) is 0 Å². The number of rotatable bonds is 6. The number of esters is 1. The minimum Gasteiger partial charge on any atom is -0.482 e. The maximum absolute atomic E-state index is 12.0. The van der Waals surface area contributed by atoms with Gasteiger partial charge in [0, 0.05) is 10.4 Å². The van der Waals surface area contributed by atoms with Gasteiger partial charge in [-0.15, -0.1) is 0 Å². The first-order chi connectivity index (χ1) is 12.0. The number of hydrogen-bond donors (Lipinski definition) is 0. The van der Waals surface area contributed by atoms with Crippen molar-refractivity contribution in [1.82, 2.24) is 0 Å². The Hall–Kier alpha value is -2.79. The van der Waals surface area contributed by atoms with Crippen LogP contribution in [0.25, 0.3) is 11.0 Å². The number of benzene rings is 2. The van der Waals surface area contributed by atoms with Crippen LogP contribution in [0, 0.1) is 6.92 Å². The summed E-state index contributed by atoms with van der Waals surface area (Å²) in [4.78, 5) is 23.8. The molecule has 2 aromatic carbocycles. The lowest BCUT2D eigenvalue weighted by Crippen LogP contribution is -2.19. The lowest BCUT2D eigenvalue weighted by atomic mass is 10.2. The molecule has 0 aliphatic carbocycles. The van der Waals surface area contributed by atoms with Gasteiger partial charge in [0.25, 0.3) is 0 Å². The Morgan fingerprint density at radius 1 is 1.08 bits per heavy atom. The maximum atomic E-state index is 12.0. The van der Waals surface area contributed by atoms with E-state index in [-0.39, 0.29) is 12.4 Å². The minimum absolute atomic E-state index is 0.156. The third-order valence-electron chi connectivity index (χ3n) is 3.55. The highest BCUT2D eigenvalue weighted by molar-refractivity contribution is 6.31. The van der Waals surface area contributed by atoms with Crippen LogP contribution in [0.3, 0.4) is 0 Å². The summed E-state index contributed by atoms with van der Waals surface area (Å²) >= 11 is 5.92. The molecule has 0 radical (unpaired) electrons. The molecule has 0 spiro atoms. The molecule has 0 N–H and O–H groups in total. The van der Waals surface area contributed by atoms with Gasteiger partial charge in [-0.25, -0.2) is 4.79 Å². The summed E-state index contributed by atoms with van der Waals surface area (Å²) in [5.41, 5.74) is 1.45. The van der Waals surface area contributed by atoms with Crippen LogP contribution in [0.5, 0.6) is 5.75 Å². The monoisotopic (exact) mass is 358 g/mol. The van der Waals surface area contributed by atoms with Crippen molar-refractivity contribution in [2.24, 2.45) is 0 Å². The summed E-state index contributed by atoms with van der Waals surface area (Å²) in [7, 11) is 0. The quantitative estimate of drug-likeness (QED) is 0.488. The molecule has 0 saturated heterocycles. The van der Waals surface area contributed by atoms with Crippen LogP contribution in [0.1, 0.15) is 16.1 Å². The van der Waals surface area contributed by atoms with Crippen molar-refractivity contribution in [2.75, 3.05) is 13.2 Å². The number of Topliss-reactive ketones (excluding diaryl/α,β-unsaturated/α-hetero) is 1. The summed E-state index contributed by atoms with van der Waals surface area (Å²) in [6, 6.07) is 13.9. The maximum Gasteiger partial charge on any atom is 0.344 e. The van der Waals surface area contributed by atoms with Crippen molar-refractivity contribution in [2.45, 2.75) is 6.92 Å². The van der Waals surface area contributed by atoms with E-state index in [9.17, 15) is 9.59 Å². The van der Waals surface area contributed by atoms with Crippen LogP contribution in [0.15, 0.2) is 52.9 Å². The van der Waals surface area contributed by atoms with Gasteiger partial charge in [-0.2, -0.15) is 0 Å². The molecule has 0 amide bonds. The van der Waals surface area contributed by atoms with Crippen LogP contribution in [-0.4, -0.2) is 25.0 Å². The van der Waals surface area contributed by atoms with Gasteiger partial charge in [0.2, 0.25) is 5.78 Å². The van der Waals surface area contributed by atoms with Gasteiger partial charge in [-0.3, -0.25) is 4.79 Å². The van der Waals surface area contributed by atoms with Crippen molar-refractivity contribution in [1.29, 1.82) is 0 Å². The molecule has 0 aliphatic rings. The molecule has 5 nitrogen and oxygen atoms in total. The van der Waals surface area contributed by atoms with Gasteiger partial charge in [0.05, 0.1) is 0 Å². The van der Waals surface area contributed by atoms with E-state index in [1.165, 1.54) is 0 Å². The summed E-state index contributed by atoms with van der Waals surface area (Å²) in [6.07, 6.45) is 0. The van der Waals surface area contributed by atoms with Gasteiger partial charge >= 0.3 is 5.97 Å². The molecule has 128 valence electrons. The molecule has 1 aromatic heterocycles. The Kier molecular flexibility index (Phi) is 5.05. The molecule has 0 aliphatic heterocycles. The highest BCUT2D eigenvalue weighted by atomic mass is 35.5. The van der Waals surface area contributed by atoms with Crippen LogP contribution < -0.4 is 4.74 Å². The Labute approximate surface area is 149 Å². The third-order valence-corrected chi connectivity index (χ3v) is 3.97. The van der Waals surface area contributed by atoms with Crippen molar-refractivity contribution in [3.05, 3.63) is 64.9 Å². The SMILES string of the molecule is Cc1cc(OCC(=O)OCC(=O)c2cc3ccccc3o2)ccc1Cl. The van der Waals surface area contributed by atoms with Crippen LogP contribution in [0.4, 0.5) is 0 Å². The van der Waals surface area contributed by atoms with Crippen molar-refractivity contribution in [3.63, 3.8) is 0 Å². The van der Waals surface area contributed by atoms with E-state index in [4.69, 9.17) is 25.5 Å². The average Bonchev–Trinajstić information content (AvgIpc) is 3.05. The molecular formula is C19H15ClO5. The van der Waals surface area contributed by atoms with Gasteiger partial charge < -0.3 is 13.9 Å². The van der Waals surface area contributed by atoms with Crippen LogP contribution >= 0.6 is 11.6 Å². The van der Waals surface area contributed by atoms with Crippen LogP contribution in [-0.2, 0) is 9.53 Å². The molecule has 0 fully saturated rings. The zero-order valence-corrected chi connectivity index (χ0v) is 14.2. The number of carbonyl (C=O) groups is 2. The van der Waals surface area contributed by atoms with Crippen molar-refractivity contribution in [3.8, 4) is 5.75 Å². The van der Waals surface area contributed by atoms with E-state index in [1.54, 1.807) is 30.3 Å². The zero-order valence-electron chi connectivity index (χ0n) is 13.5. The highest BCUT2D eigenvalue weighted by Gasteiger charge is 2.15. The Balaban J connectivity index is 1.51. The number of fused-ring (bicyclic) bond motifs is 1. The number of ether oxygens (including phenoxy) is 2. The van der Waals surface area contributed by atoms with E-state index in [0.717, 1.165) is 10.9 Å². The van der Waals surface area contributed by atoms with Gasteiger partial charge in [-0.05, 0) is 42.8 Å². The Morgan fingerprint density at radius 3 is 2.64 bits per heavy atom. The van der Waals surface area contributed by atoms with E-state index >= 15 is 0 Å². The molecular weight excluding hydrogens is 344 g/mol. The van der Waals surface area contributed by atoms with Crippen molar-refractivity contribution >= 4 is 34.3 Å². The topological polar surface area (TPSA) is 65.7 Å². The fraction of sp³-hybridized carbons (Fsp3) is 0.158. The Morgan fingerprint density at radius 2 is 1.88 bits per heavy atom. The number of ketones is 1. The molecule has 3 aromatic rings. The van der Waals surface area contributed by atoms with Crippen LogP contribution in [0.2, 0.25) is 5.02 Å². The second kappa shape index (κ2) is 7.40. The first-order valence-electron chi connectivity index (χ1n) is 7.59. The predicted octanol–water partition coefficient (Wildman–Crippen LogP) is 4.20. The molecule has 3 rings (SSSR count). The smallest absolute Gasteiger partial charge is 0.344 e. The van der Waals surface area contributed by atoms with Gasteiger partial charge in [-0.1, -0.05) is 29.8 Å². The number of carbonyl (C=O) groups excluding carboxylic acids is 2. The third kappa shape index (κ3) is 4.19. The molecule has 25 heavy (non-hydrogen) atoms. The Bertz CT molecular complexity index is 895. The predicted molar refractivity (Wildman–Crippen MR) is 93.2 cm³/mol. The zero-order chi connectivity index (χ0) is 17.8. The molecule has 0 bridgehead atoms. The first-order valence-corrected chi connectivity index (χ1v) is 7.97. The van der Waals surface area contributed by atoms with Gasteiger partial charge in [0.15, 0.2) is 19.0 Å². The van der Waals surface area contributed by atoms with Crippen molar-refractivity contribution < 1.29 is 23.5 Å². The van der Waals surface area contributed by atoms with Gasteiger partial charge in [0.1, 0.15) is 11.3 Å². The second-order valence-electron chi connectivity index (χ2n) is 5.43. The summed E-state index contributed by atoms with van der Waals surface area (Å²) in [6.45, 7) is 1.13. The van der Waals surface area contributed by atoms with E-state index in [1.807, 2.05) is 25.1 Å². The standard InChI is InChI=1S/C19H15ClO5/c1-12-8-14(6-7-15(12)20)23-11-19(22)24-10-16(21)18-9-13-4-2-3-5-17(13)25-18/h2-9H,10-11H2,1H3. The normalized spacial score (nSPS) is 10.6. The fourth-order valence-corrected chi connectivity index (χ4v) is 2.34. The van der Waals surface area contributed by atoms with E-state index < -0.39 is 18.4 Å². The molecule has 0 unspecified atom stereocenters. The first kappa shape index (κ1) is 17.0. The fourth-order valence-electron chi connectivity index (χ4n) is 2.23. The largest absolute Gasteiger partial charge is 0.482 e. The van der Waals surface area contributed by atoms with E-state index in [0.29, 0.717) is 16.4 Å².